The Kier molecular flexibility index (Phi) is 10.1. The normalized spacial score (nSPS) is 18.3. The van der Waals surface area contributed by atoms with Crippen LogP contribution in [0.4, 0.5) is 0 Å². The van der Waals surface area contributed by atoms with Crippen LogP contribution in [0.15, 0.2) is 28.1 Å². The molecule has 24 heavy (non-hydrogen) atoms. The van der Waals surface area contributed by atoms with E-state index < -0.39 is 0 Å². The zero-order valence-electron chi connectivity index (χ0n) is 15.3. The zero-order chi connectivity index (χ0) is 16.7. The number of halogens is 1. The predicted molar refractivity (Wildman–Crippen MR) is 117 cm³/mol. The Morgan fingerprint density at radius 2 is 2.17 bits per heavy atom. The Balaban J connectivity index is 0.00000288. The molecule has 2 rings (SSSR count). The zero-order valence-corrected chi connectivity index (χ0v) is 18.4. The van der Waals surface area contributed by atoms with Crippen LogP contribution in [-0.4, -0.2) is 50.3 Å². The molecule has 1 aliphatic rings. The molecule has 0 saturated carbocycles. The van der Waals surface area contributed by atoms with Gasteiger partial charge in [0.15, 0.2) is 5.96 Å². The maximum Gasteiger partial charge on any atom is 0.191 e. The molecule has 2 N–H and O–H groups in total. The Hall–Kier alpha value is -0.470. The first kappa shape index (κ1) is 21.6. The number of rotatable bonds is 6. The van der Waals surface area contributed by atoms with E-state index in [-0.39, 0.29) is 24.0 Å². The Morgan fingerprint density at radius 1 is 1.38 bits per heavy atom. The predicted octanol–water partition coefficient (Wildman–Crippen LogP) is 3.34. The first-order valence-corrected chi connectivity index (χ1v) is 9.69. The third-order valence-corrected chi connectivity index (χ3v) is 5.31. The van der Waals surface area contributed by atoms with E-state index >= 15 is 0 Å². The van der Waals surface area contributed by atoms with Gasteiger partial charge in [-0.1, -0.05) is 19.1 Å². The van der Waals surface area contributed by atoms with Crippen molar-refractivity contribution in [3.05, 3.63) is 29.3 Å². The van der Waals surface area contributed by atoms with Gasteiger partial charge in [-0.25, -0.2) is 0 Å². The highest BCUT2D eigenvalue weighted by molar-refractivity contribution is 14.0. The topological polar surface area (TPSA) is 39.7 Å². The molecule has 0 spiro atoms. The second-order valence-corrected chi connectivity index (χ2v) is 7.02. The molecule has 1 aromatic carbocycles. The number of guanidine groups is 1. The van der Waals surface area contributed by atoms with Crippen LogP contribution in [0.1, 0.15) is 24.5 Å². The summed E-state index contributed by atoms with van der Waals surface area (Å²) in [5.74, 6) is 1.63. The molecule has 1 aromatic rings. The van der Waals surface area contributed by atoms with Gasteiger partial charge in [0.2, 0.25) is 0 Å². The molecule has 6 heteroatoms. The van der Waals surface area contributed by atoms with Crippen LogP contribution in [0, 0.1) is 12.8 Å². The summed E-state index contributed by atoms with van der Waals surface area (Å²) in [6.07, 6.45) is 3.41. The highest BCUT2D eigenvalue weighted by Crippen LogP contribution is 2.21. The van der Waals surface area contributed by atoms with Crippen molar-refractivity contribution < 1.29 is 0 Å². The van der Waals surface area contributed by atoms with Crippen molar-refractivity contribution in [2.24, 2.45) is 10.9 Å². The second-order valence-electron chi connectivity index (χ2n) is 6.17. The van der Waals surface area contributed by atoms with Crippen molar-refractivity contribution in [3.63, 3.8) is 0 Å². The van der Waals surface area contributed by atoms with Crippen LogP contribution in [0.3, 0.4) is 0 Å². The largest absolute Gasteiger partial charge is 0.356 e. The van der Waals surface area contributed by atoms with Crippen molar-refractivity contribution in [2.75, 3.05) is 39.5 Å². The number of likely N-dealkylation sites (tertiary alicyclic amines) is 1. The maximum atomic E-state index is 4.35. The van der Waals surface area contributed by atoms with E-state index in [4.69, 9.17) is 0 Å². The molecule has 4 nitrogen and oxygen atoms in total. The van der Waals surface area contributed by atoms with Crippen LogP contribution in [0.5, 0.6) is 0 Å². The number of aliphatic imine (C=N–C) groups is 1. The summed E-state index contributed by atoms with van der Waals surface area (Å²) in [7, 11) is 1.84. The summed E-state index contributed by atoms with van der Waals surface area (Å²) in [4.78, 5) is 8.20. The third kappa shape index (κ3) is 6.44. The van der Waals surface area contributed by atoms with Crippen LogP contribution in [0.25, 0.3) is 0 Å². The van der Waals surface area contributed by atoms with Gasteiger partial charge >= 0.3 is 0 Å². The summed E-state index contributed by atoms with van der Waals surface area (Å²) in [6, 6.07) is 6.62. The number of nitrogens with one attached hydrogen (secondary N) is 2. The van der Waals surface area contributed by atoms with E-state index in [1.54, 1.807) is 11.8 Å². The van der Waals surface area contributed by atoms with Crippen LogP contribution >= 0.6 is 35.7 Å². The number of thioether (sulfide) groups is 1. The lowest BCUT2D eigenvalue weighted by Gasteiger charge is -2.17. The first-order chi connectivity index (χ1) is 11.2. The molecule has 0 radical (unpaired) electrons. The van der Waals surface area contributed by atoms with Gasteiger partial charge in [0.1, 0.15) is 0 Å². The molecular weight excluding hydrogens is 431 g/mol. The molecule has 1 fully saturated rings. The fourth-order valence-corrected chi connectivity index (χ4v) is 3.71. The van der Waals surface area contributed by atoms with Crippen molar-refractivity contribution in [2.45, 2.75) is 31.7 Å². The van der Waals surface area contributed by atoms with E-state index in [1.807, 2.05) is 7.05 Å². The van der Waals surface area contributed by atoms with E-state index in [9.17, 15) is 0 Å². The summed E-state index contributed by atoms with van der Waals surface area (Å²) in [5, 5.41) is 6.92. The maximum absolute atomic E-state index is 4.35. The minimum absolute atomic E-state index is 0. The van der Waals surface area contributed by atoms with E-state index in [0.717, 1.165) is 31.5 Å². The van der Waals surface area contributed by atoms with Gasteiger partial charge in [0, 0.05) is 31.6 Å². The van der Waals surface area contributed by atoms with Crippen molar-refractivity contribution in [3.8, 4) is 0 Å². The summed E-state index contributed by atoms with van der Waals surface area (Å²) in [5.41, 5.74) is 2.63. The molecule has 0 aliphatic carbocycles. The van der Waals surface area contributed by atoms with E-state index in [1.165, 1.54) is 35.5 Å². The highest BCUT2D eigenvalue weighted by Gasteiger charge is 2.20. The van der Waals surface area contributed by atoms with Gasteiger partial charge < -0.3 is 15.5 Å². The number of aryl methyl sites for hydroxylation is 1. The van der Waals surface area contributed by atoms with Crippen molar-refractivity contribution >= 4 is 41.7 Å². The van der Waals surface area contributed by atoms with Gasteiger partial charge in [0.25, 0.3) is 0 Å². The number of nitrogens with zero attached hydrogens (tertiary/aromatic N) is 2. The van der Waals surface area contributed by atoms with Crippen molar-refractivity contribution in [1.29, 1.82) is 0 Å². The molecule has 1 atom stereocenters. The number of benzene rings is 1. The molecule has 136 valence electrons. The van der Waals surface area contributed by atoms with Crippen molar-refractivity contribution in [1.82, 2.24) is 15.5 Å². The fraction of sp³-hybridized carbons (Fsp3) is 0.611. The molecule has 1 aliphatic heterocycles. The number of hydrogen-bond acceptors (Lipinski definition) is 3. The van der Waals surface area contributed by atoms with E-state index in [0.29, 0.717) is 0 Å². The molecule has 0 amide bonds. The first-order valence-electron chi connectivity index (χ1n) is 8.46. The summed E-state index contributed by atoms with van der Waals surface area (Å²) >= 11 is 1.80. The quantitative estimate of drug-likeness (QED) is 0.295. The Bertz CT molecular complexity index is 536. The summed E-state index contributed by atoms with van der Waals surface area (Å²) < 4.78 is 0. The summed E-state index contributed by atoms with van der Waals surface area (Å²) in [6.45, 7) is 9.78. The van der Waals surface area contributed by atoms with Gasteiger partial charge in [-0.15, -0.1) is 35.7 Å². The third-order valence-electron chi connectivity index (χ3n) is 4.49. The fourth-order valence-electron chi connectivity index (χ4n) is 3.01. The van der Waals surface area contributed by atoms with Crippen LogP contribution in [0.2, 0.25) is 0 Å². The Labute approximate surface area is 168 Å². The van der Waals surface area contributed by atoms with Gasteiger partial charge in [-0.3, -0.25) is 4.99 Å². The molecule has 1 saturated heterocycles. The lowest BCUT2D eigenvalue weighted by molar-refractivity contribution is 0.342. The molecule has 1 heterocycles. The van der Waals surface area contributed by atoms with Gasteiger partial charge in [0.05, 0.1) is 0 Å². The van der Waals surface area contributed by atoms with Gasteiger partial charge in [-0.05, 0) is 55.8 Å². The molecule has 0 bridgehead atoms. The van der Waals surface area contributed by atoms with E-state index in [2.05, 4.69) is 58.8 Å². The molecular formula is C18H31IN4S. The molecule has 0 aromatic heterocycles. The average molecular weight is 462 g/mol. The highest BCUT2D eigenvalue weighted by atomic mass is 127. The van der Waals surface area contributed by atoms with Crippen LogP contribution in [-0.2, 0) is 6.54 Å². The number of hydrogen-bond donors (Lipinski definition) is 2. The standard InChI is InChI=1S/C18H30N4S.HI/c1-5-22-9-8-15(13-22)11-20-18(19-3)21-12-16-7-6-14(2)10-17(16)23-4;/h6-7,10,15H,5,8-9,11-13H2,1-4H3,(H2,19,20,21);1H. The lowest BCUT2D eigenvalue weighted by Crippen LogP contribution is -2.40. The monoisotopic (exact) mass is 462 g/mol. The van der Waals surface area contributed by atoms with Gasteiger partial charge in [-0.2, -0.15) is 0 Å². The smallest absolute Gasteiger partial charge is 0.191 e. The van der Waals surface area contributed by atoms with Crippen LogP contribution < -0.4 is 10.6 Å². The minimum atomic E-state index is 0. The minimum Gasteiger partial charge on any atom is -0.356 e. The second kappa shape index (κ2) is 11.2. The lowest BCUT2D eigenvalue weighted by atomic mass is 10.1. The Morgan fingerprint density at radius 3 is 2.79 bits per heavy atom. The molecule has 1 unspecified atom stereocenters. The SMILES string of the molecule is CCN1CCC(CNC(=NC)NCc2ccc(C)cc2SC)C1.I. The average Bonchev–Trinajstić information content (AvgIpc) is 3.04.